The number of benzene rings is 1. The summed E-state index contributed by atoms with van der Waals surface area (Å²) in [5, 5.41) is 6.79. The summed E-state index contributed by atoms with van der Waals surface area (Å²) in [6, 6.07) is 4.20. The summed E-state index contributed by atoms with van der Waals surface area (Å²) in [5.41, 5.74) is 7.70. The van der Waals surface area contributed by atoms with Crippen LogP contribution in [0.15, 0.2) is 17.1 Å². The molecule has 32 heavy (non-hydrogen) atoms. The largest absolute Gasteiger partial charge is 0.494 e. The predicted octanol–water partition coefficient (Wildman–Crippen LogP) is 2.05. The molecule has 0 aliphatic carbocycles. The van der Waals surface area contributed by atoms with Gasteiger partial charge in [-0.25, -0.2) is 0 Å². The fourth-order valence-electron chi connectivity index (χ4n) is 4.42. The van der Waals surface area contributed by atoms with Gasteiger partial charge in [0.2, 0.25) is 5.91 Å². The highest BCUT2D eigenvalue weighted by Gasteiger charge is 2.23. The molecule has 0 radical (unpaired) electrons. The van der Waals surface area contributed by atoms with Crippen molar-refractivity contribution in [1.29, 1.82) is 0 Å². The molecule has 2 aliphatic rings. The predicted molar refractivity (Wildman–Crippen MR) is 127 cm³/mol. The van der Waals surface area contributed by atoms with Gasteiger partial charge in [-0.1, -0.05) is 0 Å². The van der Waals surface area contributed by atoms with Gasteiger partial charge in [-0.15, -0.1) is 0 Å². The van der Waals surface area contributed by atoms with E-state index in [-0.39, 0.29) is 17.9 Å². The van der Waals surface area contributed by atoms with Crippen molar-refractivity contribution >= 4 is 11.9 Å². The van der Waals surface area contributed by atoms with E-state index in [9.17, 15) is 4.79 Å². The molecule has 1 amide bonds. The summed E-state index contributed by atoms with van der Waals surface area (Å²) in [7, 11) is 1.79. The molecule has 1 unspecified atom stereocenters. The van der Waals surface area contributed by atoms with Crippen LogP contribution in [0.2, 0.25) is 0 Å². The Hall–Kier alpha value is -2.48. The van der Waals surface area contributed by atoms with Crippen molar-refractivity contribution in [2.45, 2.75) is 58.6 Å². The first kappa shape index (κ1) is 24.2. The van der Waals surface area contributed by atoms with Crippen LogP contribution in [0.1, 0.15) is 50.7 Å². The number of carbonyl (C=O) groups is 1. The van der Waals surface area contributed by atoms with E-state index in [1.54, 1.807) is 7.05 Å². The Morgan fingerprint density at radius 2 is 2.06 bits per heavy atom. The fourth-order valence-corrected chi connectivity index (χ4v) is 4.42. The summed E-state index contributed by atoms with van der Waals surface area (Å²) >= 11 is 0. The van der Waals surface area contributed by atoms with Gasteiger partial charge in [-0.2, -0.15) is 0 Å². The average molecular weight is 446 g/mol. The third-order valence-electron chi connectivity index (χ3n) is 6.23. The number of amides is 1. The van der Waals surface area contributed by atoms with Crippen molar-refractivity contribution in [2.75, 3.05) is 39.8 Å². The lowest BCUT2D eigenvalue weighted by molar-refractivity contribution is -0.123. The minimum Gasteiger partial charge on any atom is -0.494 e. The van der Waals surface area contributed by atoms with Gasteiger partial charge in [-0.05, 0) is 71.3 Å². The van der Waals surface area contributed by atoms with E-state index in [0.29, 0.717) is 13.2 Å². The lowest BCUT2D eigenvalue weighted by Gasteiger charge is -2.30. The third-order valence-corrected chi connectivity index (χ3v) is 6.23. The van der Waals surface area contributed by atoms with Crippen molar-refractivity contribution in [1.82, 2.24) is 15.5 Å². The first-order valence-corrected chi connectivity index (χ1v) is 11.9. The number of hydrogen-bond acceptors (Lipinski definition) is 5. The van der Waals surface area contributed by atoms with Gasteiger partial charge in [0.05, 0.1) is 6.61 Å². The van der Waals surface area contributed by atoms with E-state index in [1.165, 1.54) is 5.56 Å². The van der Waals surface area contributed by atoms with Gasteiger partial charge in [0.25, 0.3) is 0 Å². The van der Waals surface area contributed by atoms with E-state index in [4.69, 9.17) is 15.2 Å². The molecule has 1 fully saturated rings. The minimum atomic E-state index is -0.150. The van der Waals surface area contributed by atoms with E-state index < -0.39 is 0 Å². The van der Waals surface area contributed by atoms with Crippen molar-refractivity contribution in [2.24, 2.45) is 16.6 Å². The van der Waals surface area contributed by atoms with Gasteiger partial charge in [-0.3, -0.25) is 9.79 Å². The first-order chi connectivity index (χ1) is 15.5. The van der Waals surface area contributed by atoms with Crippen LogP contribution < -0.4 is 25.8 Å². The molecule has 2 aliphatic heterocycles. The van der Waals surface area contributed by atoms with Crippen molar-refractivity contribution < 1.29 is 14.3 Å². The second kappa shape index (κ2) is 11.9. The number of likely N-dealkylation sites (tertiary alicyclic amines) is 1. The molecule has 0 saturated carbocycles. The molecule has 3 rings (SSSR count). The maximum Gasteiger partial charge on any atom is 0.220 e. The molecule has 8 nitrogen and oxygen atoms in total. The molecule has 2 heterocycles. The Bertz CT molecular complexity index is 790. The fraction of sp³-hybridized carbons (Fsp3) is 0.667. The molecule has 1 saturated heterocycles. The number of fused-ring (bicyclic) bond motifs is 1. The lowest BCUT2D eigenvalue weighted by atomic mass is 9.96. The van der Waals surface area contributed by atoms with Crippen LogP contribution in [0.3, 0.4) is 0 Å². The van der Waals surface area contributed by atoms with Gasteiger partial charge in [0, 0.05) is 43.6 Å². The zero-order valence-corrected chi connectivity index (χ0v) is 19.8. The Morgan fingerprint density at radius 1 is 1.28 bits per heavy atom. The van der Waals surface area contributed by atoms with Crippen LogP contribution in [-0.2, 0) is 17.8 Å². The number of rotatable bonds is 10. The Labute approximate surface area is 191 Å². The summed E-state index contributed by atoms with van der Waals surface area (Å²) in [5.74, 6) is 2.56. The second-order valence-corrected chi connectivity index (χ2v) is 8.71. The number of unbranched alkanes of at least 4 members (excludes halogenated alkanes) is 1. The Kier molecular flexibility index (Phi) is 9.02. The molecule has 178 valence electrons. The number of nitrogens with one attached hydrogen (secondary N) is 2. The summed E-state index contributed by atoms with van der Waals surface area (Å²) in [6.07, 6.45) is 5.09. The van der Waals surface area contributed by atoms with Crippen LogP contribution >= 0.6 is 0 Å². The van der Waals surface area contributed by atoms with Gasteiger partial charge in [0.15, 0.2) is 5.96 Å². The highest BCUT2D eigenvalue weighted by Crippen LogP contribution is 2.35. The highest BCUT2D eigenvalue weighted by atomic mass is 16.5. The molecule has 1 atom stereocenters. The van der Waals surface area contributed by atoms with Crippen LogP contribution in [0, 0.1) is 5.92 Å². The van der Waals surface area contributed by atoms with E-state index in [1.807, 2.05) is 6.92 Å². The Balaban J connectivity index is 1.38. The van der Waals surface area contributed by atoms with Gasteiger partial charge < -0.3 is 30.7 Å². The van der Waals surface area contributed by atoms with Crippen LogP contribution in [0.25, 0.3) is 0 Å². The topological polar surface area (TPSA) is 101 Å². The number of primary amides is 1. The minimum absolute atomic E-state index is 0.0613. The number of hydrogen-bond donors (Lipinski definition) is 3. The van der Waals surface area contributed by atoms with Gasteiger partial charge >= 0.3 is 0 Å². The number of nitrogens with zero attached hydrogens (tertiary/aromatic N) is 2. The number of ether oxygens (including phenoxy) is 2. The summed E-state index contributed by atoms with van der Waals surface area (Å²) in [4.78, 5) is 18.0. The maximum atomic E-state index is 11.3. The van der Waals surface area contributed by atoms with E-state index in [2.05, 4.69) is 39.6 Å². The van der Waals surface area contributed by atoms with Crippen molar-refractivity contribution in [3.63, 3.8) is 0 Å². The average Bonchev–Trinajstić information content (AvgIpc) is 3.14. The molecular formula is C24H39N5O3. The van der Waals surface area contributed by atoms with Gasteiger partial charge in [0.1, 0.15) is 17.6 Å². The number of nitrogens with two attached hydrogens (primary N) is 1. The van der Waals surface area contributed by atoms with Crippen LogP contribution in [0.4, 0.5) is 0 Å². The molecule has 8 heteroatoms. The molecule has 0 spiro atoms. The zero-order chi connectivity index (χ0) is 22.9. The standard InChI is InChI=1S/C24H39N5O3/c1-4-31-21-14-19-13-17(2)32-22(19)15-20(21)16-28-24(26-3)27-9-5-6-10-29-11-7-18(8-12-29)23(25)30/h14-15,17-18H,4-13,16H2,1-3H3,(H2,25,30)(H2,26,27,28). The maximum absolute atomic E-state index is 11.3. The monoisotopic (exact) mass is 445 g/mol. The highest BCUT2D eigenvalue weighted by molar-refractivity contribution is 5.79. The molecule has 0 bridgehead atoms. The SMILES string of the molecule is CCOc1cc2c(cc1CNC(=NC)NCCCCN1CCC(C(N)=O)CC1)OC(C)C2. The molecular weight excluding hydrogens is 406 g/mol. The van der Waals surface area contributed by atoms with E-state index >= 15 is 0 Å². The first-order valence-electron chi connectivity index (χ1n) is 11.9. The Morgan fingerprint density at radius 3 is 2.75 bits per heavy atom. The zero-order valence-electron chi connectivity index (χ0n) is 19.8. The molecule has 0 aromatic heterocycles. The quantitative estimate of drug-likeness (QED) is 0.289. The third kappa shape index (κ3) is 6.76. The number of carbonyl (C=O) groups excluding carboxylic acids is 1. The molecule has 1 aromatic carbocycles. The summed E-state index contributed by atoms with van der Waals surface area (Å²) in [6.45, 7) is 9.21. The van der Waals surface area contributed by atoms with Crippen LogP contribution in [-0.4, -0.2) is 62.7 Å². The molecule has 1 aromatic rings. The normalized spacial score (nSPS) is 19.3. The summed E-state index contributed by atoms with van der Waals surface area (Å²) < 4.78 is 11.8. The van der Waals surface area contributed by atoms with E-state index in [0.717, 1.165) is 81.3 Å². The number of piperidine rings is 1. The lowest BCUT2D eigenvalue weighted by Crippen LogP contribution is -2.39. The van der Waals surface area contributed by atoms with Crippen molar-refractivity contribution in [3.8, 4) is 11.5 Å². The molecule has 4 N–H and O–H groups in total. The number of aliphatic imine (C=N–C) groups is 1. The second-order valence-electron chi connectivity index (χ2n) is 8.71. The number of guanidine groups is 1. The van der Waals surface area contributed by atoms with Crippen LogP contribution in [0.5, 0.6) is 11.5 Å². The smallest absolute Gasteiger partial charge is 0.220 e. The van der Waals surface area contributed by atoms with Crippen molar-refractivity contribution in [3.05, 3.63) is 23.3 Å².